The van der Waals surface area contributed by atoms with Gasteiger partial charge in [0.15, 0.2) is 0 Å². The monoisotopic (exact) mass is 240 g/mol. The number of ether oxygens (including phenoxy) is 1. The zero-order chi connectivity index (χ0) is 12.6. The summed E-state index contributed by atoms with van der Waals surface area (Å²) < 4.78 is 5.65. The highest BCUT2D eigenvalue weighted by Gasteiger charge is 2.46. The Kier molecular flexibility index (Phi) is 3.81. The third kappa shape index (κ3) is 3.01. The molecule has 17 heavy (non-hydrogen) atoms. The van der Waals surface area contributed by atoms with Crippen molar-refractivity contribution in [2.75, 3.05) is 26.2 Å². The molecule has 3 nitrogen and oxygen atoms in total. The van der Waals surface area contributed by atoms with Crippen molar-refractivity contribution in [2.45, 2.75) is 64.8 Å². The van der Waals surface area contributed by atoms with Gasteiger partial charge in [-0.3, -0.25) is 9.80 Å². The minimum atomic E-state index is 0.331. The summed E-state index contributed by atoms with van der Waals surface area (Å²) in [5.41, 5.74) is 0.331. The molecule has 100 valence electrons. The first-order chi connectivity index (χ1) is 7.88. The average Bonchev–Trinajstić information content (AvgIpc) is 2.22. The first-order valence-corrected chi connectivity index (χ1v) is 7.00. The molecule has 0 spiro atoms. The van der Waals surface area contributed by atoms with E-state index in [9.17, 15) is 0 Å². The van der Waals surface area contributed by atoms with Gasteiger partial charge in [0, 0.05) is 37.3 Å². The Bertz CT molecular complexity index is 247. The second kappa shape index (κ2) is 4.87. The van der Waals surface area contributed by atoms with Crippen molar-refractivity contribution in [3.05, 3.63) is 0 Å². The summed E-state index contributed by atoms with van der Waals surface area (Å²) in [6.07, 6.45) is 1.76. The summed E-state index contributed by atoms with van der Waals surface area (Å²) in [5.74, 6) is 0. The van der Waals surface area contributed by atoms with E-state index in [4.69, 9.17) is 4.74 Å². The number of hydrogen-bond donors (Lipinski definition) is 0. The molecular formula is C14H28N2O. The summed E-state index contributed by atoms with van der Waals surface area (Å²) in [5, 5.41) is 0. The van der Waals surface area contributed by atoms with E-state index >= 15 is 0 Å². The van der Waals surface area contributed by atoms with Gasteiger partial charge in [-0.15, -0.1) is 0 Å². The number of rotatable bonds is 4. The van der Waals surface area contributed by atoms with Crippen molar-refractivity contribution < 1.29 is 4.74 Å². The van der Waals surface area contributed by atoms with Gasteiger partial charge in [0.05, 0.1) is 12.7 Å². The van der Waals surface area contributed by atoms with E-state index in [1.165, 1.54) is 19.5 Å². The predicted octanol–water partition coefficient (Wildman–Crippen LogP) is 1.97. The van der Waals surface area contributed by atoms with Crippen molar-refractivity contribution >= 4 is 0 Å². The van der Waals surface area contributed by atoms with Crippen molar-refractivity contribution in [3.63, 3.8) is 0 Å². The molecule has 2 bridgehead atoms. The van der Waals surface area contributed by atoms with Gasteiger partial charge >= 0.3 is 0 Å². The molecular weight excluding hydrogens is 212 g/mol. The second-order valence-corrected chi connectivity index (χ2v) is 6.78. The van der Waals surface area contributed by atoms with Crippen LogP contribution in [0.4, 0.5) is 0 Å². The van der Waals surface area contributed by atoms with Crippen molar-refractivity contribution in [1.82, 2.24) is 9.80 Å². The molecule has 2 unspecified atom stereocenters. The topological polar surface area (TPSA) is 15.7 Å². The summed E-state index contributed by atoms with van der Waals surface area (Å²) >= 11 is 0. The zero-order valence-electron chi connectivity index (χ0n) is 12.1. The standard InChI is InChI=1S/C14H28N2O/c1-11(2)17-7-6-16-12-8-13(16)10-15(9-12)14(3,4)5/h11-13H,6-10H2,1-5H3. The third-order valence-corrected chi connectivity index (χ3v) is 4.09. The number of piperazine rings is 1. The zero-order valence-corrected chi connectivity index (χ0v) is 12.1. The van der Waals surface area contributed by atoms with Crippen LogP contribution in [0.15, 0.2) is 0 Å². The van der Waals surface area contributed by atoms with Gasteiger partial charge in [0.2, 0.25) is 0 Å². The molecule has 0 saturated carbocycles. The molecule has 3 fully saturated rings. The molecule has 3 heteroatoms. The van der Waals surface area contributed by atoms with Gasteiger partial charge in [0.1, 0.15) is 0 Å². The molecule has 0 N–H and O–H groups in total. The molecule has 3 aliphatic heterocycles. The highest BCUT2D eigenvalue weighted by Crippen LogP contribution is 2.34. The second-order valence-electron chi connectivity index (χ2n) is 6.78. The van der Waals surface area contributed by atoms with Gasteiger partial charge in [-0.25, -0.2) is 0 Å². The minimum Gasteiger partial charge on any atom is -0.377 e. The Labute approximate surface area is 106 Å². The summed E-state index contributed by atoms with van der Waals surface area (Å²) in [6, 6.07) is 1.56. The maximum atomic E-state index is 5.65. The van der Waals surface area contributed by atoms with Crippen molar-refractivity contribution in [1.29, 1.82) is 0 Å². The van der Waals surface area contributed by atoms with Gasteiger partial charge in [-0.05, 0) is 41.0 Å². The summed E-state index contributed by atoms with van der Waals surface area (Å²) in [6.45, 7) is 15.7. The fourth-order valence-electron chi connectivity index (χ4n) is 2.99. The number of piperidine rings is 1. The highest BCUT2D eigenvalue weighted by molar-refractivity contribution is 5.03. The van der Waals surface area contributed by atoms with E-state index < -0.39 is 0 Å². The number of hydrogen-bond acceptors (Lipinski definition) is 3. The average molecular weight is 240 g/mol. The first-order valence-electron chi connectivity index (χ1n) is 7.00. The van der Waals surface area contributed by atoms with Crippen LogP contribution in [-0.4, -0.2) is 59.8 Å². The molecule has 0 amide bonds. The molecule has 0 radical (unpaired) electrons. The largest absolute Gasteiger partial charge is 0.377 e. The Morgan fingerprint density at radius 1 is 1.18 bits per heavy atom. The SMILES string of the molecule is CC(C)OCCN1C2CC1CN(C(C)(C)C)C2. The van der Waals surface area contributed by atoms with Gasteiger partial charge in [0.25, 0.3) is 0 Å². The molecule has 3 aliphatic rings. The van der Waals surface area contributed by atoms with E-state index in [1.807, 2.05) is 0 Å². The molecule has 0 aromatic carbocycles. The van der Waals surface area contributed by atoms with Gasteiger partial charge in [-0.2, -0.15) is 0 Å². The molecule has 0 aromatic heterocycles. The molecule has 2 atom stereocenters. The Balaban J connectivity index is 1.76. The van der Waals surface area contributed by atoms with E-state index in [2.05, 4.69) is 44.4 Å². The van der Waals surface area contributed by atoms with Crippen LogP contribution in [0.2, 0.25) is 0 Å². The predicted molar refractivity (Wildman–Crippen MR) is 71.3 cm³/mol. The van der Waals surface area contributed by atoms with Crippen LogP contribution in [0.5, 0.6) is 0 Å². The Morgan fingerprint density at radius 3 is 2.24 bits per heavy atom. The maximum absolute atomic E-state index is 5.65. The fourth-order valence-corrected chi connectivity index (χ4v) is 2.99. The lowest BCUT2D eigenvalue weighted by Crippen LogP contribution is -2.71. The van der Waals surface area contributed by atoms with Crippen LogP contribution in [0.25, 0.3) is 0 Å². The molecule has 0 aromatic rings. The van der Waals surface area contributed by atoms with Crippen LogP contribution in [-0.2, 0) is 4.74 Å². The summed E-state index contributed by atoms with van der Waals surface area (Å²) in [7, 11) is 0. The number of nitrogens with zero attached hydrogens (tertiary/aromatic N) is 2. The van der Waals surface area contributed by atoms with E-state index in [0.29, 0.717) is 11.6 Å². The maximum Gasteiger partial charge on any atom is 0.0597 e. The quantitative estimate of drug-likeness (QED) is 0.747. The van der Waals surface area contributed by atoms with E-state index in [0.717, 1.165) is 25.2 Å². The third-order valence-electron chi connectivity index (χ3n) is 4.09. The first kappa shape index (κ1) is 13.3. The summed E-state index contributed by atoms with van der Waals surface area (Å²) in [4.78, 5) is 5.27. The van der Waals surface area contributed by atoms with Crippen LogP contribution in [0.3, 0.4) is 0 Å². The van der Waals surface area contributed by atoms with E-state index in [1.54, 1.807) is 0 Å². The number of fused-ring (bicyclic) bond motifs is 2. The Hall–Kier alpha value is -0.120. The normalized spacial score (nSPS) is 30.7. The van der Waals surface area contributed by atoms with Crippen molar-refractivity contribution in [3.8, 4) is 0 Å². The van der Waals surface area contributed by atoms with E-state index in [-0.39, 0.29) is 0 Å². The molecule has 3 heterocycles. The lowest BCUT2D eigenvalue weighted by atomic mass is 9.85. The van der Waals surface area contributed by atoms with Crippen molar-refractivity contribution in [2.24, 2.45) is 0 Å². The molecule has 3 rings (SSSR count). The molecule has 0 aliphatic carbocycles. The smallest absolute Gasteiger partial charge is 0.0597 e. The minimum absolute atomic E-state index is 0.331. The Morgan fingerprint density at radius 2 is 1.76 bits per heavy atom. The lowest BCUT2D eigenvalue weighted by Gasteiger charge is -2.59. The lowest BCUT2D eigenvalue weighted by molar-refractivity contribution is -0.105. The van der Waals surface area contributed by atoms with Gasteiger partial charge in [-0.1, -0.05) is 0 Å². The van der Waals surface area contributed by atoms with Crippen LogP contribution >= 0.6 is 0 Å². The van der Waals surface area contributed by atoms with Crippen LogP contribution < -0.4 is 0 Å². The highest BCUT2D eigenvalue weighted by atomic mass is 16.5. The van der Waals surface area contributed by atoms with Crippen LogP contribution in [0, 0.1) is 0 Å². The van der Waals surface area contributed by atoms with Crippen LogP contribution in [0.1, 0.15) is 41.0 Å². The molecule has 3 saturated heterocycles. The van der Waals surface area contributed by atoms with Gasteiger partial charge < -0.3 is 4.74 Å². The fraction of sp³-hybridized carbons (Fsp3) is 1.00.